The molecule has 0 saturated carbocycles. The van der Waals surface area contributed by atoms with E-state index >= 15 is 0 Å². The first-order valence-corrected chi connectivity index (χ1v) is 7.40. The van der Waals surface area contributed by atoms with Crippen molar-refractivity contribution in [3.63, 3.8) is 0 Å². The fraction of sp³-hybridized carbons (Fsp3) is 0.786. The number of aliphatic hydroxyl groups excluding tert-OH is 2. The molecule has 1 heterocycles. The maximum Gasteiger partial charge on any atom is 0.364 e. The third-order valence-corrected chi connectivity index (χ3v) is 3.80. The third-order valence-electron chi connectivity index (χ3n) is 3.80. The lowest BCUT2D eigenvalue weighted by molar-refractivity contribution is -0.287. The summed E-state index contributed by atoms with van der Waals surface area (Å²) in [6.45, 7) is 3.38. The lowest BCUT2D eigenvalue weighted by Gasteiger charge is -2.45. The van der Waals surface area contributed by atoms with Crippen molar-refractivity contribution in [2.24, 2.45) is 5.92 Å². The number of ether oxygens (including phenoxy) is 2. The van der Waals surface area contributed by atoms with Crippen molar-refractivity contribution in [3.8, 4) is 0 Å². The minimum Gasteiger partial charge on any atom is -0.477 e. The van der Waals surface area contributed by atoms with Gasteiger partial charge in [-0.2, -0.15) is 0 Å². The topological polar surface area (TPSA) is 163 Å². The summed E-state index contributed by atoms with van der Waals surface area (Å²) < 4.78 is 9.65. The van der Waals surface area contributed by atoms with Gasteiger partial charge in [0.05, 0.1) is 12.1 Å². The van der Waals surface area contributed by atoms with E-state index in [0.29, 0.717) is 0 Å². The van der Waals surface area contributed by atoms with Crippen molar-refractivity contribution in [3.05, 3.63) is 0 Å². The Balaban J connectivity index is 2.96. The zero-order valence-electron chi connectivity index (χ0n) is 13.6. The quantitative estimate of drug-likeness (QED) is 0.340. The molecule has 1 fully saturated rings. The number of esters is 1. The summed E-state index contributed by atoms with van der Waals surface area (Å²) >= 11 is 0. The van der Waals surface area contributed by atoms with Crippen molar-refractivity contribution in [2.45, 2.75) is 57.3 Å². The van der Waals surface area contributed by atoms with Crippen LogP contribution in [-0.4, -0.2) is 75.0 Å². The van der Waals surface area contributed by atoms with Crippen LogP contribution in [0.4, 0.5) is 0 Å². The summed E-state index contributed by atoms with van der Waals surface area (Å²) in [6.07, 6.45) is -4.58. The van der Waals surface area contributed by atoms with Crippen molar-refractivity contribution >= 4 is 17.8 Å². The number of hydrogen-bond acceptors (Lipinski definition) is 8. The molecule has 24 heavy (non-hydrogen) atoms. The molecule has 1 aliphatic heterocycles. The van der Waals surface area contributed by atoms with E-state index in [4.69, 9.17) is 9.84 Å². The Bertz CT molecular complexity index is 495. The smallest absolute Gasteiger partial charge is 0.364 e. The van der Waals surface area contributed by atoms with Gasteiger partial charge in [0.2, 0.25) is 0 Å². The highest BCUT2D eigenvalue weighted by Gasteiger charge is 2.52. The Morgan fingerprint density at radius 3 is 2.42 bits per heavy atom. The molecule has 0 bridgehead atoms. The first-order chi connectivity index (χ1) is 11.0. The summed E-state index contributed by atoms with van der Waals surface area (Å²) in [7, 11) is 0. The number of carbonyl (C=O) groups is 3. The molecular weight excluding hydrogens is 326 g/mol. The second kappa shape index (κ2) is 7.88. The highest BCUT2D eigenvalue weighted by atomic mass is 16.7. The molecule has 1 saturated heterocycles. The van der Waals surface area contributed by atoms with E-state index in [9.17, 15) is 29.7 Å². The van der Waals surface area contributed by atoms with E-state index in [0.717, 1.165) is 6.92 Å². The first kappa shape index (κ1) is 20.3. The average Bonchev–Trinajstić information content (AvgIpc) is 2.46. The standard InChI is InChI=1S/C14H23NO9/c1-6-4-14(22,13(20)21)24-12(11(19)7(2)16)10(6)15-9(18)5-23-8(3)17/h6-7,10-12,16,19,22H,4-5H2,1-3H3,(H,15,18)(H,20,21)/t6-,7+,10+,11+,12+,14+/m0/s1. The number of nitrogens with one attached hydrogen (secondary N) is 1. The van der Waals surface area contributed by atoms with E-state index in [1.165, 1.54) is 6.92 Å². The molecule has 0 radical (unpaired) electrons. The number of aliphatic carboxylic acids is 1. The highest BCUT2D eigenvalue weighted by molar-refractivity contribution is 5.80. The number of carbonyl (C=O) groups excluding carboxylic acids is 2. The van der Waals surface area contributed by atoms with E-state index < -0.39 is 60.5 Å². The molecule has 0 aromatic rings. The normalized spacial score (nSPS) is 32.5. The molecule has 10 heteroatoms. The molecule has 1 amide bonds. The van der Waals surface area contributed by atoms with Gasteiger partial charge < -0.3 is 35.2 Å². The molecular formula is C14H23NO9. The number of aliphatic hydroxyl groups is 3. The molecule has 5 N–H and O–H groups in total. The highest BCUT2D eigenvalue weighted by Crippen LogP contribution is 2.33. The van der Waals surface area contributed by atoms with Gasteiger partial charge in [-0.15, -0.1) is 0 Å². The van der Waals surface area contributed by atoms with Crippen molar-refractivity contribution < 1.29 is 44.3 Å². The second-order valence-corrected chi connectivity index (χ2v) is 5.96. The van der Waals surface area contributed by atoms with Crippen LogP contribution >= 0.6 is 0 Å². The summed E-state index contributed by atoms with van der Waals surface area (Å²) in [5.74, 6) is -6.13. The van der Waals surface area contributed by atoms with Gasteiger partial charge in [-0.1, -0.05) is 6.92 Å². The van der Waals surface area contributed by atoms with Gasteiger partial charge >= 0.3 is 11.9 Å². The van der Waals surface area contributed by atoms with Crippen LogP contribution in [0.2, 0.25) is 0 Å². The summed E-state index contributed by atoms with van der Waals surface area (Å²) in [5.41, 5.74) is 0. The van der Waals surface area contributed by atoms with Gasteiger partial charge in [0.15, 0.2) is 6.61 Å². The van der Waals surface area contributed by atoms with Crippen molar-refractivity contribution in [1.82, 2.24) is 5.32 Å². The zero-order valence-corrected chi connectivity index (χ0v) is 13.6. The van der Waals surface area contributed by atoms with Crippen molar-refractivity contribution in [2.75, 3.05) is 6.61 Å². The Kier molecular flexibility index (Phi) is 6.67. The van der Waals surface area contributed by atoms with E-state index in [1.807, 2.05) is 0 Å². The van der Waals surface area contributed by atoms with Gasteiger partial charge in [0, 0.05) is 13.3 Å². The molecule has 1 aliphatic rings. The van der Waals surface area contributed by atoms with Crippen LogP contribution in [0, 0.1) is 5.92 Å². The zero-order chi connectivity index (χ0) is 18.7. The summed E-state index contributed by atoms with van der Waals surface area (Å²) in [4.78, 5) is 33.8. The minimum atomic E-state index is -2.54. The van der Waals surface area contributed by atoms with Crippen LogP contribution in [0.15, 0.2) is 0 Å². The Morgan fingerprint density at radius 2 is 1.96 bits per heavy atom. The van der Waals surface area contributed by atoms with E-state index in [1.54, 1.807) is 6.92 Å². The van der Waals surface area contributed by atoms with Crippen LogP contribution in [0.3, 0.4) is 0 Å². The largest absolute Gasteiger partial charge is 0.477 e. The first-order valence-electron chi connectivity index (χ1n) is 7.40. The fourth-order valence-electron chi connectivity index (χ4n) is 2.55. The predicted octanol–water partition coefficient (Wildman–Crippen LogP) is -2.03. The van der Waals surface area contributed by atoms with E-state index in [2.05, 4.69) is 10.1 Å². The number of rotatable bonds is 6. The molecule has 138 valence electrons. The number of carboxylic acid groups (broad SMARTS) is 1. The average molecular weight is 349 g/mol. The second-order valence-electron chi connectivity index (χ2n) is 5.96. The van der Waals surface area contributed by atoms with E-state index in [-0.39, 0.29) is 6.42 Å². The monoisotopic (exact) mass is 349 g/mol. The molecule has 10 nitrogen and oxygen atoms in total. The molecule has 0 spiro atoms. The summed E-state index contributed by atoms with van der Waals surface area (Å²) in [6, 6.07) is -0.905. The fourth-order valence-corrected chi connectivity index (χ4v) is 2.55. The predicted molar refractivity (Wildman–Crippen MR) is 77.5 cm³/mol. The third kappa shape index (κ3) is 4.87. The van der Waals surface area contributed by atoms with Crippen molar-refractivity contribution in [1.29, 1.82) is 0 Å². The SMILES string of the molecule is CC(=O)OCC(=O)N[C@H]1[C@H]([C@H](O)[C@@H](C)O)O[C@@](O)(C(=O)O)C[C@@H]1C. The lowest BCUT2D eigenvalue weighted by atomic mass is 9.83. The molecule has 0 aromatic heterocycles. The molecule has 0 aromatic carbocycles. The molecule has 0 unspecified atom stereocenters. The van der Waals surface area contributed by atoms with Gasteiger partial charge in [-0.05, 0) is 12.8 Å². The van der Waals surface area contributed by atoms with Gasteiger partial charge in [-0.25, -0.2) is 4.79 Å². The Labute approximate surface area is 138 Å². The number of amides is 1. The maximum absolute atomic E-state index is 11.8. The van der Waals surface area contributed by atoms with Crippen LogP contribution in [0.5, 0.6) is 0 Å². The van der Waals surface area contributed by atoms with Crippen LogP contribution in [-0.2, 0) is 23.9 Å². The molecule has 1 rings (SSSR count). The number of hydrogen-bond donors (Lipinski definition) is 5. The molecule has 6 atom stereocenters. The minimum absolute atomic E-state index is 0.343. The number of carboxylic acids is 1. The lowest BCUT2D eigenvalue weighted by Crippen LogP contribution is -2.65. The van der Waals surface area contributed by atoms with Crippen LogP contribution in [0.25, 0.3) is 0 Å². The maximum atomic E-state index is 11.8. The van der Waals surface area contributed by atoms with Gasteiger partial charge in [-0.3, -0.25) is 9.59 Å². The summed E-state index contributed by atoms with van der Waals surface area (Å²) in [5, 5.41) is 41.2. The van der Waals surface area contributed by atoms with Gasteiger partial charge in [0.25, 0.3) is 11.7 Å². The van der Waals surface area contributed by atoms with Crippen LogP contribution in [0.1, 0.15) is 27.2 Å². The Morgan fingerprint density at radius 1 is 1.38 bits per heavy atom. The van der Waals surface area contributed by atoms with Gasteiger partial charge in [0.1, 0.15) is 12.2 Å². The van der Waals surface area contributed by atoms with Crippen LogP contribution < -0.4 is 5.32 Å². The molecule has 0 aliphatic carbocycles. The Hall–Kier alpha value is -1.75.